The molecule has 0 saturated carbocycles. The summed E-state index contributed by atoms with van der Waals surface area (Å²) in [5, 5.41) is 11.0. The molecule has 0 bridgehead atoms. The number of β-amino-alcohol motifs (C(OH)–C–C–N with tert-alkyl or cyclic N) is 1. The number of benzene rings is 1. The minimum Gasteiger partial charge on any atom is -0.385 e. The van der Waals surface area contributed by atoms with E-state index in [-0.39, 0.29) is 11.6 Å². The van der Waals surface area contributed by atoms with Crippen molar-refractivity contribution in [1.82, 2.24) is 9.80 Å². The molecular formula is C20H29FN2O3. The van der Waals surface area contributed by atoms with Crippen LogP contribution in [0.2, 0.25) is 0 Å². The van der Waals surface area contributed by atoms with Crippen molar-refractivity contribution >= 4 is 5.78 Å². The molecule has 2 heterocycles. The third kappa shape index (κ3) is 5.58. The summed E-state index contributed by atoms with van der Waals surface area (Å²) >= 11 is 0. The molecule has 2 aliphatic rings. The van der Waals surface area contributed by atoms with Gasteiger partial charge in [-0.1, -0.05) is 0 Å². The van der Waals surface area contributed by atoms with Gasteiger partial charge in [0.1, 0.15) is 11.4 Å². The van der Waals surface area contributed by atoms with Gasteiger partial charge < -0.3 is 14.7 Å². The van der Waals surface area contributed by atoms with Gasteiger partial charge >= 0.3 is 0 Å². The number of hydrogen-bond donors (Lipinski definition) is 1. The van der Waals surface area contributed by atoms with Crippen molar-refractivity contribution < 1.29 is 19.0 Å². The van der Waals surface area contributed by atoms with Crippen molar-refractivity contribution in [3.8, 4) is 0 Å². The van der Waals surface area contributed by atoms with E-state index < -0.39 is 5.60 Å². The number of carbonyl (C=O) groups excluding carboxylic acids is 1. The van der Waals surface area contributed by atoms with Crippen LogP contribution in [0.25, 0.3) is 0 Å². The number of nitrogens with zero attached hydrogens (tertiary/aromatic N) is 2. The van der Waals surface area contributed by atoms with Crippen LogP contribution in [0.4, 0.5) is 4.39 Å². The Morgan fingerprint density at radius 2 is 1.88 bits per heavy atom. The molecule has 1 aromatic rings. The fourth-order valence-corrected chi connectivity index (χ4v) is 3.88. The lowest BCUT2D eigenvalue weighted by atomic mass is 10.0. The number of hydrogen-bond acceptors (Lipinski definition) is 5. The zero-order valence-electron chi connectivity index (χ0n) is 15.3. The molecule has 1 aromatic carbocycles. The Hall–Kier alpha value is -1.34. The Labute approximate surface area is 154 Å². The van der Waals surface area contributed by atoms with Gasteiger partial charge in [-0.2, -0.15) is 0 Å². The highest BCUT2D eigenvalue weighted by Gasteiger charge is 2.34. The summed E-state index contributed by atoms with van der Waals surface area (Å²) in [6, 6.07) is 5.70. The quantitative estimate of drug-likeness (QED) is 0.750. The van der Waals surface area contributed by atoms with Gasteiger partial charge in [0.05, 0.1) is 13.2 Å². The lowest BCUT2D eigenvalue weighted by Crippen LogP contribution is -2.52. The third-order valence-corrected chi connectivity index (χ3v) is 5.20. The van der Waals surface area contributed by atoms with E-state index in [4.69, 9.17) is 4.74 Å². The number of aliphatic hydroxyl groups is 1. The molecule has 0 aliphatic carbocycles. The average Bonchev–Trinajstić information content (AvgIpc) is 3.04. The number of carbonyl (C=O) groups is 1. The zero-order chi connectivity index (χ0) is 18.4. The van der Waals surface area contributed by atoms with Crippen LogP contribution in [-0.4, -0.2) is 78.8 Å². The van der Waals surface area contributed by atoms with Crippen molar-refractivity contribution in [2.45, 2.75) is 31.3 Å². The van der Waals surface area contributed by atoms with E-state index in [0.29, 0.717) is 38.3 Å². The maximum atomic E-state index is 12.9. The molecule has 0 spiro atoms. The molecule has 1 atom stereocenters. The molecule has 144 valence electrons. The van der Waals surface area contributed by atoms with Crippen LogP contribution in [-0.2, 0) is 4.74 Å². The van der Waals surface area contributed by atoms with Gasteiger partial charge in [0, 0.05) is 31.6 Å². The Bertz CT molecular complexity index is 589. The van der Waals surface area contributed by atoms with E-state index in [9.17, 15) is 14.3 Å². The van der Waals surface area contributed by atoms with Crippen molar-refractivity contribution in [3.63, 3.8) is 0 Å². The Morgan fingerprint density at radius 3 is 2.62 bits per heavy atom. The first kappa shape index (κ1) is 19.4. The van der Waals surface area contributed by atoms with Crippen LogP contribution < -0.4 is 0 Å². The van der Waals surface area contributed by atoms with Crippen LogP contribution in [0.5, 0.6) is 0 Å². The first-order valence-corrected chi connectivity index (χ1v) is 9.58. The number of halogens is 1. The van der Waals surface area contributed by atoms with Crippen LogP contribution in [0, 0.1) is 5.82 Å². The molecule has 0 aromatic heterocycles. The predicted molar refractivity (Wildman–Crippen MR) is 97.8 cm³/mol. The normalized spacial score (nSPS) is 25.3. The molecule has 2 aliphatic heterocycles. The Balaban J connectivity index is 1.47. The molecule has 1 N–H and O–H groups in total. The summed E-state index contributed by atoms with van der Waals surface area (Å²) in [6.07, 6.45) is 3.54. The molecule has 2 saturated heterocycles. The highest BCUT2D eigenvalue weighted by Crippen LogP contribution is 2.18. The molecule has 2 fully saturated rings. The van der Waals surface area contributed by atoms with Gasteiger partial charge in [0.15, 0.2) is 5.78 Å². The van der Waals surface area contributed by atoms with Gasteiger partial charge in [-0.05, 0) is 63.2 Å². The van der Waals surface area contributed by atoms with Crippen LogP contribution in [0.3, 0.4) is 0 Å². The van der Waals surface area contributed by atoms with Crippen LogP contribution in [0.1, 0.15) is 36.0 Å². The minimum atomic E-state index is -0.845. The third-order valence-electron chi connectivity index (χ3n) is 5.20. The van der Waals surface area contributed by atoms with Gasteiger partial charge in [-0.3, -0.25) is 9.69 Å². The van der Waals surface area contributed by atoms with Gasteiger partial charge in [-0.25, -0.2) is 4.39 Å². The molecule has 0 amide bonds. The topological polar surface area (TPSA) is 53.0 Å². The molecule has 26 heavy (non-hydrogen) atoms. The fraction of sp³-hybridized carbons (Fsp3) is 0.650. The molecule has 0 radical (unpaired) electrons. The van der Waals surface area contributed by atoms with Gasteiger partial charge in [0.25, 0.3) is 0 Å². The lowest BCUT2D eigenvalue weighted by Gasteiger charge is -2.34. The monoisotopic (exact) mass is 364 g/mol. The Morgan fingerprint density at radius 1 is 1.15 bits per heavy atom. The second-order valence-corrected chi connectivity index (χ2v) is 7.57. The van der Waals surface area contributed by atoms with E-state index in [0.717, 1.165) is 32.6 Å². The molecule has 0 unspecified atom stereocenters. The van der Waals surface area contributed by atoms with Crippen molar-refractivity contribution in [3.05, 3.63) is 35.6 Å². The standard InChI is InChI=1S/C20H29FN2O3/c21-18-7-5-17(6-8-18)19(24)4-3-11-23-12-13-26-16-20(25,15-23)14-22-9-1-2-10-22/h5-8,25H,1-4,9-16H2/t20-/m1/s1. The SMILES string of the molecule is O=C(CCCN1CCOC[C@@](O)(CN2CCCC2)C1)c1ccc(F)cc1. The fourth-order valence-electron chi connectivity index (χ4n) is 3.88. The summed E-state index contributed by atoms with van der Waals surface area (Å²) in [7, 11) is 0. The molecule has 6 heteroatoms. The largest absolute Gasteiger partial charge is 0.385 e. The molecule has 5 nitrogen and oxygen atoms in total. The highest BCUT2D eigenvalue weighted by molar-refractivity contribution is 5.95. The van der Waals surface area contributed by atoms with Crippen molar-refractivity contribution in [1.29, 1.82) is 0 Å². The van der Waals surface area contributed by atoms with Crippen molar-refractivity contribution in [2.75, 3.05) is 52.5 Å². The molecular weight excluding hydrogens is 335 g/mol. The van der Waals surface area contributed by atoms with Crippen molar-refractivity contribution in [2.24, 2.45) is 0 Å². The van der Waals surface area contributed by atoms with Crippen LogP contribution in [0.15, 0.2) is 24.3 Å². The summed E-state index contributed by atoms with van der Waals surface area (Å²) in [4.78, 5) is 16.7. The van der Waals surface area contributed by atoms with E-state index in [2.05, 4.69) is 9.80 Å². The number of Topliss-reactive ketones (excluding diaryl/α,β-unsaturated/α-hetero) is 1. The highest BCUT2D eigenvalue weighted by atomic mass is 19.1. The lowest BCUT2D eigenvalue weighted by molar-refractivity contribution is -0.0543. The van der Waals surface area contributed by atoms with E-state index >= 15 is 0 Å². The van der Waals surface area contributed by atoms with E-state index in [1.54, 1.807) is 0 Å². The summed E-state index contributed by atoms with van der Waals surface area (Å²) in [5.41, 5.74) is -0.293. The van der Waals surface area contributed by atoms with Crippen LogP contribution >= 0.6 is 0 Å². The number of likely N-dealkylation sites (tertiary alicyclic amines) is 1. The van der Waals surface area contributed by atoms with E-state index in [1.165, 1.54) is 37.1 Å². The Kier molecular flexibility index (Phi) is 6.75. The number of ether oxygens (including phenoxy) is 1. The van der Waals surface area contributed by atoms with E-state index in [1.807, 2.05) is 0 Å². The zero-order valence-corrected chi connectivity index (χ0v) is 15.3. The predicted octanol–water partition coefficient (Wildman–Crippen LogP) is 1.95. The minimum absolute atomic E-state index is 0.0309. The smallest absolute Gasteiger partial charge is 0.162 e. The summed E-state index contributed by atoms with van der Waals surface area (Å²) in [5.74, 6) is -0.299. The first-order chi connectivity index (χ1) is 12.5. The second-order valence-electron chi connectivity index (χ2n) is 7.57. The number of ketones is 1. The van der Waals surface area contributed by atoms with Gasteiger partial charge in [0.2, 0.25) is 0 Å². The second kappa shape index (κ2) is 9.04. The average molecular weight is 364 g/mol. The maximum Gasteiger partial charge on any atom is 0.162 e. The van der Waals surface area contributed by atoms with Gasteiger partial charge in [-0.15, -0.1) is 0 Å². The number of rotatable bonds is 7. The summed E-state index contributed by atoms with van der Waals surface area (Å²) < 4.78 is 18.6. The summed E-state index contributed by atoms with van der Waals surface area (Å²) in [6.45, 7) is 5.82. The first-order valence-electron chi connectivity index (χ1n) is 9.58. The maximum absolute atomic E-state index is 12.9. The molecule has 3 rings (SSSR count).